The maximum absolute atomic E-state index is 12.2. The summed E-state index contributed by atoms with van der Waals surface area (Å²) in [5.74, 6) is 0.727. The molecule has 1 amide bonds. The molecule has 1 saturated heterocycles. The fourth-order valence-electron chi connectivity index (χ4n) is 2.81. The quantitative estimate of drug-likeness (QED) is 0.841. The summed E-state index contributed by atoms with van der Waals surface area (Å²) < 4.78 is 11.2. The number of hydrogen-bond donors (Lipinski definition) is 2. The molecule has 1 fully saturated rings. The van der Waals surface area contributed by atoms with Crippen molar-refractivity contribution in [2.24, 2.45) is 0 Å². The van der Waals surface area contributed by atoms with Crippen molar-refractivity contribution in [2.75, 3.05) is 31.6 Å². The van der Waals surface area contributed by atoms with Crippen molar-refractivity contribution in [3.63, 3.8) is 0 Å². The number of para-hydroxylation sites is 2. The summed E-state index contributed by atoms with van der Waals surface area (Å²) in [6.07, 6.45) is 0.402. The summed E-state index contributed by atoms with van der Waals surface area (Å²) >= 11 is 0. The van der Waals surface area contributed by atoms with Crippen molar-refractivity contribution in [3.8, 4) is 5.75 Å². The van der Waals surface area contributed by atoms with Crippen LogP contribution in [-0.2, 0) is 9.53 Å². The van der Waals surface area contributed by atoms with Gasteiger partial charge in [-0.1, -0.05) is 12.1 Å². The standard InChI is InChI=1S/C16H24N2O3/c1-4-20-15-8-6-5-7-14(15)17-16(19)11-18-9-12(2)21-13(3)10-18/h5-8,12-13H,4,9-11H2,1-3H3,(H,17,19)/p+1/t12-,13+. The molecule has 1 unspecified atom stereocenters. The molecule has 0 aromatic heterocycles. The molecule has 0 bridgehead atoms. The van der Waals surface area contributed by atoms with E-state index in [-0.39, 0.29) is 18.1 Å². The van der Waals surface area contributed by atoms with Crippen LogP contribution in [0.2, 0.25) is 0 Å². The minimum Gasteiger partial charge on any atom is -0.492 e. The maximum Gasteiger partial charge on any atom is 0.279 e. The topological polar surface area (TPSA) is 52.0 Å². The van der Waals surface area contributed by atoms with Crippen LogP contribution in [0.4, 0.5) is 5.69 Å². The van der Waals surface area contributed by atoms with Crippen molar-refractivity contribution in [2.45, 2.75) is 33.0 Å². The first kappa shape index (κ1) is 15.8. The Hall–Kier alpha value is -1.59. The summed E-state index contributed by atoms with van der Waals surface area (Å²) in [5.41, 5.74) is 0.734. The van der Waals surface area contributed by atoms with Crippen LogP contribution in [0, 0.1) is 0 Å². The van der Waals surface area contributed by atoms with Crippen molar-refractivity contribution >= 4 is 11.6 Å². The number of amides is 1. The summed E-state index contributed by atoms with van der Waals surface area (Å²) in [4.78, 5) is 13.5. The van der Waals surface area contributed by atoms with Gasteiger partial charge in [0.05, 0.1) is 12.3 Å². The van der Waals surface area contributed by atoms with E-state index in [0.29, 0.717) is 18.9 Å². The van der Waals surface area contributed by atoms with Crippen LogP contribution in [-0.4, -0.2) is 44.4 Å². The van der Waals surface area contributed by atoms with E-state index in [2.05, 4.69) is 19.2 Å². The number of hydrogen-bond acceptors (Lipinski definition) is 3. The van der Waals surface area contributed by atoms with Gasteiger partial charge in [-0.25, -0.2) is 0 Å². The number of quaternary nitrogens is 1. The zero-order valence-electron chi connectivity index (χ0n) is 13.0. The average molecular weight is 293 g/mol. The Balaban J connectivity index is 1.92. The monoisotopic (exact) mass is 293 g/mol. The lowest BCUT2D eigenvalue weighted by Gasteiger charge is -2.31. The van der Waals surface area contributed by atoms with E-state index in [9.17, 15) is 4.79 Å². The Morgan fingerprint density at radius 2 is 2.00 bits per heavy atom. The second-order valence-corrected chi connectivity index (χ2v) is 5.57. The Morgan fingerprint density at radius 3 is 2.67 bits per heavy atom. The highest BCUT2D eigenvalue weighted by Crippen LogP contribution is 2.23. The third-order valence-corrected chi connectivity index (χ3v) is 3.49. The van der Waals surface area contributed by atoms with Crippen LogP contribution in [0.25, 0.3) is 0 Å². The number of benzene rings is 1. The minimum absolute atomic E-state index is 0.0125. The van der Waals surface area contributed by atoms with E-state index >= 15 is 0 Å². The molecule has 21 heavy (non-hydrogen) atoms. The Morgan fingerprint density at radius 1 is 1.33 bits per heavy atom. The normalized spacial score (nSPS) is 25.4. The van der Waals surface area contributed by atoms with Gasteiger partial charge in [-0.05, 0) is 32.9 Å². The molecular weight excluding hydrogens is 268 g/mol. The van der Waals surface area contributed by atoms with Gasteiger partial charge in [-0.3, -0.25) is 4.79 Å². The number of carbonyl (C=O) groups excluding carboxylic acids is 1. The number of carbonyl (C=O) groups is 1. The van der Waals surface area contributed by atoms with Gasteiger partial charge in [0, 0.05) is 0 Å². The molecule has 0 aliphatic carbocycles. The van der Waals surface area contributed by atoms with E-state index in [4.69, 9.17) is 9.47 Å². The molecule has 1 heterocycles. The highest BCUT2D eigenvalue weighted by molar-refractivity contribution is 5.92. The Labute approximate surface area is 126 Å². The number of anilines is 1. The molecule has 1 aliphatic heterocycles. The van der Waals surface area contributed by atoms with Crippen molar-refractivity contribution in [1.29, 1.82) is 0 Å². The SMILES string of the molecule is CCOc1ccccc1NC(=O)C[NH+]1C[C@@H](C)O[C@@H](C)C1. The Bertz CT molecular complexity index is 468. The highest BCUT2D eigenvalue weighted by atomic mass is 16.5. The van der Waals surface area contributed by atoms with Crippen LogP contribution in [0.3, 0.4) is 0 Å². The molecule has 1 aromatic rings. The van der Waals surface area contributed by atoms with Crippen molar-refractivity contribution in [1.82, 2.24) is 0 Å². The summed E-state index contributed by atoms with van der Waals surface area (Å²) in [7, 11) is 0. The molecule has 5 heteroatoms. The molecule has 0 saturated carbocycles. The number of ether oxygens (including phenoxy) is 2. The second-order valence-electron chi connectivity index (χ2n) is 5.57. The first-order valence-corrected chi connectivity index (χ1v) is 7.59. The van der Waals surface area contributed by atoms with Crippen LogP contribution >= 0.6 is 0 Å². The molecule has 1 aliphatic rings. The lowest BCUT2D eigenvalue weighted by molar-refractivity contribution is -0.907. The molecule has 0 spiro atoms. The molecule has 2 rings (SSSR count). The van der Waals surface area contributed by atoms with E-state index in [0.717, 1.165) is 18.8 Å². The summed E-state index contributed by atoms with van der Waals surface area (Å²) in [5, 5.41) is 2.95. The third kappa shape index (κ3) is 4.72. The third-order valence-electron chi connectivity index (χ3n) is 3.49. The molecule has 1 aromatic carbocycles. The highest BCUT2D eigenvalue weighted by Gasteiger charge is 2.27. The van der Waals surface area contributed by atoms with Crippen LogP contribution in [0.15, 0.2) is 24.3 Å². The van der Waals surface area contributed by atoms with Gasteiger partial charge in [-0.15, -0.1) is 0 Å². The zero-order valence-corrected chi connectivity index (χ0v) is 13.0. The molecule has 116 valence electrons. The van der Waals surface area contributed by atoms with Gasteiger partial charge in [-0.2, -0.15) is 0 Å². The molecule has 0 radical (unpaired) electrons. The van der Waals surface area contributed by atoms with E-state index < -0.39 is 0 Å². The number of rotatable bonds is 5. The summed E-state index contributed by atoms with van der Waals surface area (Å²) in [6, 6.07) is 7.52. The van der Waals surface area contributed by atoms with Gasteiger partial charge < -0.3 is 19.7 Å². The minimum atomic E-state index is 0.0125. The molecule has 2 N–H and O–H groups in total. The predicted molar refractivity (Wildman–Crippen MR) is 81.8 cm³/mol. The van der Waals surface area contributed by atoms with Crippen LogP contribution in [0.5, 0.6) is 5.75 Å². The van der Waals surface area contributed by atoms with Gasteiger partial charge in [0.2, 0.25) is 0 Å². The Kier molecular flexibility index (Phi) is 5.59. The van der Waals surface area contributed by atoms with Crippen LogP contribution < -0.4 is 15.0 Å². The largest absolute Gasteiger partial charge is 0.492 e. The zero-order chi connectivity index (χ0) is 15.2. The number of morpholine rings is 1. The van der Waals surface area contributed by atoms with Gasteiger partial charge in [0.1, 0.15) is 31.0 Å². The summed E-state index contributed by atoms with van der Waals surface area (Å²) in [6.45, 7) is 8.81. The second kappa shape index (κ2) is 7.43. The van der Waals surface area contributed by atoms with Gasteiger partial charge in [0.25, 0.3) is 5.91 Å². The predicted octanol–water partition coefficient (Wildman–Crippen LogP) is 0.716. The fourth-order valence-corrected chi connectivity index (χ4v) is 2.81. The van der Waals surface area contributed by atoms with Gasteiger partial charge >= 0.3 is 0 Å². The van der Waals surface area contributed by atoms with E-state index in [1.165, 1.54) is 4.90 Å². The lowest BCUT2D eigenvalue weighted by Crippen LogP contribution is -3.16. The maximum atomic E-state index is 12.2. The first-order chi connectivity index (χ1) is 10.1. The fraction of sp³-hybridized carbons (Fsp3) is 0.562. The molecular formula is C16H25N2O3+. The van der Waals surface area contributed by atoms with Gasteiger partial charge in [0.15, 0.2) is 6.54 Å². The van der Waals surface area contributed by atoms with E-state index in [1.54, 1.807) is 0 Å². The molecule has 5 nitrogen and oxygen atoms in total. The first-order valence-electron chi connectivity index (χ1n) is 7.59. The van der Waals surface area contributed by atoms with Crippen molar-refractivity contribution < 1.29 is 19.2 Å². The number of nitrogens with one attached hydrogen (secondary N) is 2. The van der Waals surface area contributed by atoms with Crippen LogP contribution in [0.1, 0.15) is 20.8 Å². The molecule has 3 atom stereocenters. The van der Waals surface area contributed by atoms with Crippen molar-refractivity contribution in [3.05, 3.63) is 24.3 Å². The lowest BCUT2D eigenvalue weighted by atomic mass is 10.2. The van der Waals surface area contributed by atoms with E-state index in [1.807, 2.05) is 31.2 Å². The smallest absolute Gasteiger partial charge is 0.279 e. The average Bonchev–Trinajstić information content (AvgIpc) is 2.40.